The van der Waals surface area contributed by atoms with Crippen LogP contribution in [-0.2, 0) is 4.79 Å². The summed E-state index contributed by atoms with van der Waals surface area (Å²) in [5.41, 5.74) is -1.38. The molecule has 122 valence electrons. The van der Waals surface area contributed by atoms with Gasteiger partial charge in [-0.2, -0.15) is 0 Å². The van der Waals surface area contributed by atoms with Crippen LogP contribution in [0.4, 0.5) is 0 Å². The summed E-state index contributed by atoms with van der Waals surface area (Å²) in [6.07, 6.45) is 3.26. The molecule has 0 atom stereocenters. The van der Waals surface area contributed by atoms with Gasteiger partial charge in [-0.05, 0) is 18.8 Å². The van der Waals surface area contributed by atoms with Crippen molar-refractivity contribution in [3.63, 3.8) is 0 Å². The number of hydrogen-bond donors (Lipinski definition) is 3. The van der Waals surface area contributed by atoms with E-state index in [1.54, 1.807) is 0 Å². The third kappa shape index (κ3) is 2.85. The fourth-order valence-electron chi connectivity index (χ4n) is 2.11. The van der Waals surface area contributed by atoms with Gasteiger partial charge in [0.2, 0.25) is 0 Å². The number of hydrogen-bond acceptors (Lipinski definition) is 6. The highest BCUT2D eigenvalue weighted by molar-refractivity contribution is 6.01. The summed E-state index contributed by atoms with van der Waals surface area (Å²) in [5.74, 6) is -2.58. The van der Waals surface area contributed by atoms with E-state index < -0.39 is 35.3 Å². The van der Waals surface area contributed by atoms with Gasteiger partial charge in [-0.3, -0.25) is 14.4 Å². The first kappa shape index (κ1) is 14.9. The van der Waals surface area contributed by atoms with Crippen LogP contribution in [0.1, 0.15) is 23.2 Å². The molecule has 3 N–H and O–H groups in total. The average molecular weight is 322 g/mol. The minimum Gasteiger partial charge on any atom is -0.503 e. The van der Waals surface area contributed by atoms with Crippen molar-refractivity contribution in [1.82, 2.24) is 10.0 Å². The largest absolute Gasteiger partial charge is 0.503 e. The van der Waals surface area contributed by atoms with Gasteiger partial charge in [0.15, 0.2) is 16.9 Å². The molecule has 0 aliphatic heterocycles. The number of aromatic hydroxyl groups is 1. The van der Waals surface area contributed by atoms with Crippen molar-refractivity contribution in [3.8, 4) is 5.75 Å². The number of amides is 1. The van der Waals surface area contributed by atoms with Crippen molar-refractivity contribution >= 4 is 23.0 Å². The molecule has 2 aromatic rings. The standard InChI is InChI=1S/C14H14N2O7/c17-9(18)5-15-13(20)10-11(19)12-8(3-4-22-12)16(14(10)21)23-6-7-1-2-7/h3-4,7,19H,1-2,5-6H2,(H,15,20)(H,17,18). The Hall–Kier alpha value is -2.97. The van der Waals surface area contributed by atoms with Crippen molar-refractivity contribution in [2.45, 2.75) is 12.8 Å². The van der Waals surface area contributed by atoms with Crippen molar-refractivity contribution in [2.24, 2.45) is 5.92 Å². The fourth-order valence-corrected chi connectivity index (χ4v) is 2.11. The highest BCUT2D eigenvalue weighted by atomic mass is 16.7. The lowest BCUT2D eigenvalue weighted by Gasteiger charge is -2.12. The minimum atomic E-state index is -1.28. The van der Waals surface area contributed by atoms with Crippen molar-refractivity contribution in [3.05, 3.63) is 28.2 Å². The van der Waals surface area contributed by atoms with E-state index in [0.717, 1.165) is 17.6 Å². The van der Waals surface area contributed by atoms with E-state index in [1.807, 2.05) is 5.32 Å². The molecular weight excluding hydrogens is 308 g/mol. The van der Waals surface area contributed by atoms with E-state index in [-0.39, 0.29) is 11.1 Å². The molecule has 3 rings (SSSR count). The zero-order chi connectivity index (χ0) is 16.6. The molecule has 23 heavy (non-hydrogen) atoms. The topological polar surface area (TPSA) is 131 Å². The van der Waals surface area contributed by atoms with Crippen molar-refractivity contribution < 1.29 is 29.1 Å². The number of aliphatic carboxylic acids is 1. The number of rotatable bonds is 6. The van der Waals surface area contributed by atoms with Crippen molar-refractivity contribution in [2.75, 3.05) is 13.2 Å². The summed E-state index contributed by atoms with van der Waals surface area (Å²) < 4.78 is 5.99. The molecule has 9 nitrogen and oxygen atoms in total. The van der Waals surface area contributed by atoms with Crippen LogP contribution in [0.25, 0.3) is 11.1 Å². The number of carbonyl (C=O) groups is 2. The summed E-state index contributed by atoms with van der Waals surface area (Å²) in [5, 5.41) is 20.7. The highest BCUT2D eigenvalue weighted by Gasteiger charge is 2.27. The first-order valence-corrected chi connectivity index (χ1v) is 6.97. The quantitative estimate of drug-likeness (QED) is 0.679. The molecule has 9 heteroatoms. The third-order valence-corrected chi connectivity index (χ3v) is 3.48. The monoisotopic (exact) mass is 322 g/mol. The van der Waals surface area contributed by atoms with Gasteiger partial charge in [-0.15, -0.1) is 4.73 Å². The zero-order valence-electron chi connectivity index (χ0n) is 11.9. The summed E-state index contributed by atoms with van der Waals surface area (Å²) in [7, 11) is 0. The number of carboxylic acids is 1. The average Bonchev–Trinajstić information content (AvgIpc) is 3.19. The summed E-state index contributed by atoms with van der Waals surface area (Å²) in [4.78, 5) is 40.4. The maximum absolute atomic E-state index is 12.4. The zero-order valence-corrected chi connectivity index (χ0v) is 11.9. The fraction of sp³-hybridized carbons (Fsp3) is 0.357. The number of furan rings is 1. The predicted molar refractivity (Wildman–Crippen MR) is 76.3 cm³/mol. The lowest BCUT2D eigenvalue weighted by atomic mass is 10.2. The Kier molecular flexibility index (Phi) is 3.68. The lowest BCUT2D eigenvalue weighted by Crippen LogP contribution is -2.37. The van der Waals surface area contributed by atoms with Crippen LogP contribution >= 0.6 is 0 Å². The highest BCUT2D eigenvalue weighted by Crippen LogP contribution is 2.29. The second-order valence-electron chi connectivity index (χ2n) is 5.27. The normalized spacial score (nSPS) is 13.9. The molecule has 1 fully saturated rings. The first-order valence-electron chi connectivity index (χ1n) is 6.97. The van der Waals surface area contributed by atoms with E-state index in [4.69, 9.17) is 14.4 Å². The van der Waals surface area contributed by atoms with Gasteiger partial charge in [0.05, 0.1) is 6.26 Å². The molecule has 1 amide bonds. The number of carbonyl (C=O) groups excluding carboxylic acids is 1. The van der Waals surface area contributed by atoms with E-state index in [0.29, 0.717) is 12.5 Å². The Labute approximate surface area is 129 Å². The molecule has 1 aliphatic rings. The molecule has 1 aliphatic carbocycles. The Bertz CT molecular complexity index is 831. The van der Waals surface area contributed by atoms with Gasteiger partial charge < -0.3 is 24.8 Å². The maximum atomic E-state index is 12.4. The molecule has 0 saturated heterocycles. The Morgan fingerprint density at radius 2 is 2.17 bits per heavy atom. The predicted octanol–water partition coefficient (Wildman–Crippen LogP) is -0.0469. The summed E-state index contributed by atoms with van der Waals surface area (Å²) >= 11 is 0. The van der Waals surface area contributed by atoms with E-state index in [9.17, 15) is 19.5 Å². The maximum Gasteiger partial charge on any atom is 0.322 e. The smallest absolute Gasteiger partial charge is 0.322 e. The van der Waals surface area contributed by atoms with E-state index in [1.165, 1.54) is 12.3 Å². The van der Waals surface area contributed by atoms with Crippen LogP contribution in [0.2, 0.25) is 0 Å². The van der Waals surface area contributed by atoms with Crippen LogP contribution in [0.5, 0.6) is 5.75 Å². The molecule has 0 aromatic carbocycles. The van der Waals surface area contributed by atoms with Gasteiger partial charge in [0, 0.05) is 6.07 Å². The van der Waals surface area contributed by atoms with Gasteiger partial charge in [0.25, 0.3) is 5.91 Å². The molecule has 2 aromatic heterocycles. The molecule has 0 unspecified atom stereocenters. The van der Waals surface area contributed by atoms with E-state index >= 15 is 0 Å². The van der Waals surface area contributed by atoms with Crippen LogP contribution in [-0.4, -0.2) is 40.0 Å². The molecular formula is C14H14N2O7. The first-order chi connectivity index (χ1) is 11.0. The second-order valence-corrected chi connectivity index (χ2v) is 5.27. The van der Waals surface area contributed by atoms with Crippen LogP contribution in [0.15, 0.2) is 21.5 Å². The molecule has 0 bridgehead atoms. The molecule has 2 heterocycles. The Morgan fingerprint density at radius 3 is 2.83 bits per heavy atom. The minimum absolute atomic E-state index is 0.0825. The summed E-state index contributed by atoms with van der Waals surface area (Å²) in [6, 6.07) is 1.43. The number of nitrogens with one attached hydrogen (secondary N) is 1. The molecule has 0 spiro atoms. The third-order valence-electron chi connectivity index (χ3n) is 3.48. The molecule has 0 radical (unpaired) electrons. The second kappa shape index (κ2) is 5.67. The van der Waals surface area contributed by atoms with Gasteiger partial charge in [-0.1, -0.05) is 0 Å². The van der Waals surface area contributed by atoms with Gasteiger partial charge in [0.1, 0.15) is 18.7 Å². The summed E-state index contributed by atoms with van der Waals surface area (Å²) in [6.45, 7) is -0.377. The molecule has 1 saturated carbocycles. The van der Waals surface area contributed by atoms with Crippen LogP contribution < -0.4 is 15.7 Å². The van der Waals surface area contributed by atoms with Crippen LogP contribution in [0.3, 0.4) is 0 Å². The van der Waals surface area contributed by atoms with Gasteiger partial charge >= 0.3 is 11.5 Å². The number of fused-ring (bicyclic) bond motifs is 1. The lowest BCUT2D eigenvalue weighted by molar-refractivity contribution is -0.135. The van der Waals surface area contributed by atoms with Gasteiger partial charge in [-0.25, -0.2) is 0 Å². The van der Waals surface area contributed by atoms with Crippen molar-refractivity contribution in [1.29, 1.82) is 0 Å². The van der Waals surface area contributed by atoms with Crippen LogP contribution in [0, 0.1) is 5.92 Å². The van der Waals surface area contributed by atoms with E-state index in [2.05, 4.69) is 0 Å². The number of pyridine rings is 1. The Balaban J connectivity index is 2.03. The number of carboxylic acid groups (broad SMARTS) is 1. The number of nitrogens with zero attached hydrogens (tertiary/aromatic N) is 1. The number of aromatic nitrogens is 1. The Morgan fingerprint density at radius 1 is 1.43 bits per heavy atom. The SMILES string of the molecule is O=C(O)CNC(=O)c1c(O)c2occc2n(OCC2CC2)c1=O.